The Hall–Kier alpha value is -2.39. The van der Waals surface area contributed by atoms with Gasteiger partial charge in [0.1, 0.15) is 0 Å². The number of aromatic nitrogens is 1. The van der Waals surface area contributed by atoms with Crippen LogP contribution >= 0.6 is 11.8 Å². The number of carbonyl (C=O) groups is 1. The highest BCUT2D eigenvalue weighted by Gasteiger charge is 2.72. The molecule has 30 heavy (non-hydrogen) atoms. The molecule has 0 bridgehead atoms. The lowest BCUT2D eigenvalue weighted by molar-refractivity contribution is 0.0637. The fourth-order valence-electron chi connectivity index (χ4n) is 5.44. The first-order chi connectivity index (χ1) is 14.3. The van der Waals surface area contributed by atoms with Gasteiger partial charge in [0, 0.05) is 33.0 Å². The van der Waals surface area contributed by atoms with Gasteiger partial charge in [-0.25, -0.2) is 0 Å². The minimum atomic E-state index is -0.584. The fourth-order valence-corrected chi connectivity index (χ4v) is 7.17. The summed E-state index contributed by atoms with van der Waals surface area (Å²) in [5, 5.41) is 0. The van der Waals surface area contributed by atoms with Crippen LogP contribution in [0.4, 0.5) is 0 Å². The number of hydrogen-bond acceptors (Lipinski definition) is 3. The Labute approximate surface area is 183 Å². The number of ketones is 1. The van der Waals surface area contributed by atoms with E-state index in [2.05, 4.69) is 75.1 Å². The Morgan fingerprint density at radius 1 is 1.03 bits per heavy atom. The van der Waals surface area contributed by atoms with Crippen LogP contribution in [0.2, 0.25) is 0 Å². The normalized spacial score (nSPS) is 27.1. The molecule has 1 aliphatic carbocycles. The zero-order valence-electron chi connectivity index (χ0n) is 18.0. The molecule has 1 saturated carbocycles. The first-order valence-corrected chi connectivity index (χ1v) is 11.4. The van der Waals surface area contributed by atoms with Gasteiger partial charge in [-0.05, 0) is 54.2 Å². The SMILES string of the molecule is CC(C)(C)c1cccc(C(=O)[C@]23c4ccccc4S[C@@]2(C)C[C@@H]3c2ccccn2)c1. The molecule has 1 aliphatic heterocycles. The summed E-state index contributed by atoms with van der Waals surface area (Å²) in [5.74, 6) is 0.320. The van der Waals surface area contributed by atoms with Crippen LogP contribution in [0.3, 0.4) is 0 Å². The molecule has 2 heterocycles. The van der Waals surface area contributed by atoms with Gasteiger partial charge in [-0.15, -0.1) is 11.8 Å². The van der Waals surface area contributed by atoms with E-state index >= 15 is 0 Å². The van der Waals surface area contributed by atoms with Crippen molar-refractivity contribution in [1.29, 1.82) is 0 Å². The smallest absolute Gasteiger partial charge is 0.175 e. The lowest BCUT2D eigenvalue weighted by Gasteiger charge is -2.58. The maximum absolute atomic E-state index is 14.4. The van der Waals surface area contributed by atoms with Crippen LogP contribution < -0.4 is 0 Å². The van der Waals surface area contributed by atoms with Gasteiger partial charge in [0.05, 0.1) is 5.41 Å². The molecule has 5 rings (SSSR count). The topological polar surface area (TPSA) is 30.0 Å². The van der Waals surface area contributed by atoms with E-state index in [1.165, 1.54) is 16.0 Å². The zero-order chi connectivity index (χ0) is 21.1. The molecule has 0 amide bonds. The fraction of sp³-hybridized carbons (Fsp3) is 0.333. The van der Waals surface area contributed by atoms with Gasteiger partial charge in [-0.2, -0.15) is 0 Å². The molecule has 3 heteroatoms. The van der Waals surface area contributed by atoms with Gasteiger partial charge in [0.25, 0.3) is 0 Å². The number of Topliss-reactive ketones (excluding diaryl/α,β-unsaturated/α-hetero) is 1. The Morgan fingerprint density at radius 3 is 2.53 bits per heavy atom. The van der Waals surface area contributed by atoms with Crippen LogP contribution in [0.25, 0.3) is 0 Å². The van der Waals surface area contributed by atoms with Crippen molar-refractivity contribution in [2.75, 3.05) is 0 Å². The van der Waals surface area contributed by atoms with Crippen LogP contribution in [-0.2, 0) is 10.8 Å². The van der Waals surface area contributed by atoms with Crippen LogP contribution in [0.1, 0.15) is 67.2 Å². The van der Waals surface area contributed by atoms with Gasteiger partial charge in [-0.1, -0.05) is 63.2 Å². The second-order valence-corrected chi connectivity index (χ2v) is 11.4. The third-order valence-electron chi connectivity index (χ3n) is 6.99. The van der Waals surface area contributed by atoms with Crippen LogP contribution in [0.5, 0.6) is 0 Å². The number of benzene rings is 2. The summed E-state index contributed by atoms with van der Waals surface area (Å²) in [6.45, 7) is 8.85. The van der Waals surface area contributed by atoms with Gasteiger partial charge in [0.15, 0.2) is 5.78 Å². The molecule has 0 spiro atoms. The van der Waals surface area contributed by atoms with Gasteiger partial charge in [0.2, 0.25) is 0 Å². The molecule has 0 unspecified atom stereocenters. The lowest BCUT2D eigenvalue weighted by Crippen LogP contribution is -2.64. The summed E-state index contributed by atoms with van der Waals surface area (Å²) < 4.78 is -0.159. The van der Waals surface area contributed by atoms with Crippen molar-refractivity contribution in [3.63, 3.8) is 0 Å². The molecule has 1 fully saturated rings. The number of thioether (sulfide) groups is 1. The van der Waals surface area contributed by atoms with Crippen molar-refractivity contribution in [2.24, 2.45) is 0 Å². The number of pyridine rings is 1. The van der Waals surface area contributed by atoms with Crippen molar-refractivity contribution < 1.29 is 4.79 Å². The molecule has 2 aliphatic rings. The maximum Gasteiger partial charge on any atom is 0.175 e. The predicted octanol–water partition coefficient (Wildman–Crippen LogP) is 6.55. The monoisotopic (exact) mass is 413 g/mol. The first-order valence-electron chi connectivity index (χ1n) is 10.6. The summed E-state index contributed by atoms with van der Waals surface area (Å²) in [6, 6.07) is 22.8. The Kier molecular flexibility index (Phi) is 4.27. The molecule has 0 radical (unpaired) electrons. The highest BCUT2D eigenvalue weighted by atomic mass is 32.2. The Balaban J connectivity index is 1.72. The highest BCUT2D eigenvalue weighted by molar-refractivity contribution is 8.01. The minimum Gasteiger partial charge on any atom is -0.293 e. The van der Waals surface area contributed by atoms with E-state index in [-0.39, 0.29) is 21.9 Å². The summed E-state index contributed by atoms with van der Waals surface area (Å²) in [5.41, 5.74) is 3.61. The van der Waals surface area contributed by atoms with Crippen molar-refractivity contribution in [1.82, 2.24) is 4.98 Å². The summed E-state index contributed by atoms with van der Waals surface area (Å²) in [4.78, 5) is 20.3. The average molecular weight is 414 g/mol. The van der Waals surface area contributed by atoms with Crippen molar-refractivity contribution in [3.8, 4) is 0 Å². The van der Waals surface area contributed by atoms with E-state index in [0.717, 1.165) is 17.7 Å². The summed E-state index contributed by atoms with van der Waals surface area (Å²) in [6.07, 6.45) is 2.80. The molecule has 0 N–H and O–H groups in total. The van der Waals surface area contributed by atoms with E-state index in [0.29, 0.717) is 0 Å². The molecular formula is C27H27NOS. The maximum atomic E-state index is 14.4. The lowest BCUT2D eigenvalue weighted by atomic mass is 9.46. The third kappa shape index (κ3) is 2.58. The second-order valence-electron chi connectivity index (χ2n) is 9.81. The first kappa shape index (κ1) is 19.6. The zero-order valence-corrected chi connectivity index (χ0v) is 18.8. The largest absolute Gasteiger partial charge is 0.293 e. The Bertz CT molecular complexity index is 1130. The van der Waals surface area contributed by atoms with Crippen molar-refractivity contribution in [2.45, 2.75) is 60.5 Å². The molecule has 2 aromatic carbocycles. The van der Waals surface area contributed by atoms with Crippen LogP contribution in [-0.4, -0.2) is 15.5 Å². The van der Waals surface area contributed by atoms with Crippen molar-refractivity contribution in [3.05, 3.63) is 95.3 Å². The van der Waals surface area contributed by atoms with Gasteiger partial charge in [-0.3, -0.25) is 9.78 Å². The van der Waals surface area contributed by atoms with E-state index < -0.39 is 5.41 Å². The van der Waals surface area contributed by atoms with Gasteiger partial charge >= 0.3 is 0 Å². The third-order valence-corrected chi connectivity index (χ3v) is 8.51. The average Bonchev–Trinajstić information content (AvgIpc) is 2.92. The molecule has 0 saturated heterocycles. The number of rotatable bonds is 3. The van der Waals surface area contributed by atoms with Crippen LogP contribution in [0, 0.1) is 0 Å². The highest BCUT2D eigenvalue weighted by Crippen LogP contribution is 2.73. The molecule has 2 nitrogen and oxygen atoms in total. The van der Waals surface area contributed by atoms with Crippen molar-refractivity contribution >= 4 is 17.5 Å². The molecular weight excluding hydrogens is 386 g/mol. The van der Waals surface area contributed by atoms with E-state index in [9.17, 15) is 4.79 Å². The van der Waals surface area contributed by atoms with E-state index in [1.807, 2.05) is 42.2 Å². The Morgan fingerprint density at radius 2 is 1.80 bits per heavy atom. The van der Waals surface area contributed by atoms with Crippen LogP contribution in [0.15, 0.2) is 77.8 Å². The minimum absolute atomic E-state index is 0.000403. The van der Waals surface area contributed by atoms with E-state index in [1.54, 1.807) is 0 Å². The summed E-state index contributed by atoms with van der Waals surface area (Å²) >= 11 is 1.87. The van der Waals surface area contributed by atoms with E-state index in [4.69, 9.17) is 0 Å². The number of carbonyl (C=O) groups excluding carboxylic acids is 1. The molecule has 152 valence electrons. The molecule has 1 aromatic heterocycles. The number of fused-ring (bicyclic) bond motifs is 3. The second kappa shape index (κ2) is 6.55. The number of nitrogens with zero attached hydrogens (tertiary/aromatic N) is 1. The molecule has 3 atom stereocenters. The number of hydrogen-bond donors (Lipinski definition) is 0. The molecule has 3 aromatic rings. The predicted molar refractivity (Wildman–Crippen MR) is 123 cm³/mol. The summed E-state index contributed by atoms with van der Waals surface area (Å²) in [7, 11) is 0. The quantitative estimate of drug-likeness (QED) is 0.456. The standard InChI is InChI=1S/C27H27NOS/c1-25(2,3)19-11-9-10-18(16-19)24(29)27-20-12-5-6-14-23(20)30-26(27,4)17-21(27)22-13-7-8-15-28-22/h5-16,21H,17H2,1-4H3/t21-,26+,27-/m1/s1. The van der Waals surface area contributed by atoms with Gasteiger partial charge < -0.3 is 0 Å².